The summed E-state index contributed by atoms with van der Waals surface area (Å²) in [6, 6.07) is 18.1. The summed E-state index contributed by atoms with van der Waals surface area (Å²) in [7, 11) is 2.11. The van der Waals surface area contributed by atoms with E-state index >= 15 is 0 Å². The normalized spacial score (nSPS) is 19.4. The first-order valence-corrected chi connectivity index (χ1v) is 10.8. The molecule has 3 heterocycles. The molecule has 0 aliphatic carbocycles. The standard InChI is InChI=1S/C24H30N4/c1-26-23-11-4-3-10-22(23)25-24(26)19-8-7-9-21(18-19)28-16-12-20(13-17-28)27-14-5-2-6-15-27/h3-4,7-11,18,20H,2,5-6,12-17H2,1H3. The Morgan fingerprint density at radius 1 is 0.857 bits per heavy atom. The summed E-state index contributed by atoms with van der Waals surface area (Å²) in [5, 5.41) is 0. The minimum absolute atomic E-state index is 0.791. The van der Waals surface area contributed by atoms with Crippen molar-refractivity contribution in [3.05, 3.63) is 48.5 Å². The number of likely N-dealkylation sites (tertiary alicyclic amines) is 1. The molecule has 28 heavy (non-hydrogen) atoms. The molecule has 0 atom stereocenters. The Bertz CT molecular complexity index is 946. The van der Waals surface area contributed by atoms with Gasteiger partial charge in [0.2, 0.25) is 0 Å². The van der Waals surface area contributed by atoms with Crippen LogP contribution in [-0.4, -0.2) is 46.7 Å². The summed E-state index contributed by atoms with van der Waals surface area (Å²) in [5.41, 5.74) is 4.79. The van der Waals surface area contributed by atoms with Gasteiger partial charge in [0.05, 0.1) is 11.0 Å². The Hall–Kier alpha value is -2.33. The molecule has 4 heteroatoms. The quantitative estimate of drug-likeness (QED) is 0.664. The highest BCUT2D eigenvalue weighted by Crippen LogP contribution is 2.29. The Morgan fingerprint density at radius 2 is 1.64 bits per heavy atom. The van der Waals surface area contributed by atoms with Crippen LogP contribution in [0.3, 0.4) is 0 Å². The Morgan fingerprint density at radius 3 is 2.43 bits per heavy atom. The van der Waals surface area contributed by atoms with Crippen LogP contribution in [0.5, 0.6) is 0 Å². The van der Waals surface area contributed by atoms with Crippen molar-refractivity contribution >= 4 is 16.7 Å². The lowest BCUT2D eigenvalue weighted by molar-refractivity contribution is 0.141. The summed E-state index contributed by atoms with van der Waals surface area (Å²) in [5.74, 6) is 1.05. The van der Waals surface area contributed by atoms with Crippen molar-refractivity contribution in [2.24, 2.45) is 7.05 Å². The minimum Gasteiger partial charge on any atom is -0.371 e. The highest BCUT2D eigenvalue weighted by molar-refractivity contribution is 5.81. The third-order valence-electron chi connectivity index (χ3n) is 6.63. The van der Waals surface area contributed by atoms with Crippen molar-refractivity contribution in [1.82, 2.24) is 14.5 Å². The van der Waals surface area contributed by atoms with Gasteiger partial charge in [-0.05, 0) is 63.0 Å². The highest BCUT2D eigenvalue weighted by atomic mass is 15.2. The predicted octanol–water partition coefficient (Wildman–Crippen LogP) is 4.70. The van der Waals surface area contributed by atoms with Gasteiger partial charge in [0.25, 0.3) is 0 Å². The van der Waals surface area contributed by atoms with Gasteiger partial charge in [0, 0.05) is 37.4 Å². The lowest BCUT2D eigenvalue weighted by Gasteiger charge is -2.41. The highest BCUT2D eigenvalue weighted by Gasteiger charge is 2.25. The molecule has 2 aliphatic rings. The average Bonchev–Trinajstić information content (AvgIpc) is 3.11. The van der Waals surface area contributed by atoms with Crippen LogP contribution in [-0.2, 0) is 7.05 Å². The molecule has 2 fully saturated rings. The Kier molecular flexibility index (Phi) is 4.81. The fraction of sp³-hybridized carbons (Fsp3) is 0.458. The van der Waals surface area contributed by atoms with Gasteiger partial charge in [0.15, 0.2) is 0 Å². The van der Waals surface area contributed by atoms with E-state index in [0.717, 1.165) is 30.5 Å². The van der Waals surface area contributed by atoms with Crippen LogP contribution < -0.4 is 4.90 Å². The molecule has 0 spiro atoms. The molecule has 2 aliphatic heterocycles. The van der Waals surface area contributed by atoms with Crippen LogP contribution in [0.2, 0.25) is 0 Å². The van der Waals surface area contributed by atoms with Crippen LogP contribution >= 0.6 is 0 Å². The summed E-state index contributed by atoms with van der Waals surface area (Å²) in [6.07, 6.45) is 6.78. The van der Waals surface area contributed by atoms with E-state index in [-0.39, 0.29) is 0 Å². The molecule has 0 bridgehead atoms. The van der Waals surface area contributed by atoms with Crippen molar-refractivity contribution < 1.29 is 0 Å². The maximum absolute atomic E-state index is 4.88. The Labute approximate surface area is 167 Å². The monoisotopic (exact) mass is 374 g/mol. The first kappa shape index (κ1) is 17.7. The molecular weight excluding hydrogens is 344 g/mol. The fourth-order valence-electron chi connectivity index (χ4n) is 5.02. The number of hydrogen-bond acceptors (Lipinski definition) is 3. The van der Waals surface area contributed by atoms with Gasteiger partial charge in [0.1, 0.15) is 5.82 Å². The van der Waals surface area contributed by atoms with Crippen molar-refractivity contribution in [3.63, 3.8) is 0 Å². The van der Waals surface area contributed by atoms with Gasteiger partial charge < -0.3 is 14.4 Å². The molecule has 1 aromatic heterocycles. The molecule has 0 saturated carbocycles. The molecule has 0 unspecified atom stereocenters. The maximum atomic E-state index is 4.88. The van der Waals surface area contributed by atoms with E-state index in [1.165, 1.54) is 62.0 Å². The number of aryl methyl sites for hydroxylation is 1. The second-order valence-corrected chi connectivity index (χ2v) is 8.35. The molecule has 146 valence electrons. The van der Waals surface area contributed by atoms with E-state index in [4.69, 9.17) is 4.98 Å². The van der Waals surface area contributed by atoms with Crippen molar-refractivity contribution in [2.75, 3.05) is 31.1 Å². The summed E-state index contributed by atoms with van der Waals surface area (Å²) >= 11 is 0. The van der Waals surface area contributed by atoms with Crippen molar-refractivity contribution in [2.45, 2.75) is 38.1 Å². The smallest absolute Gasteiger partial charge is 0.140 e. The number of hydrogen-bond donors (Lipinski definition) is 0. The zero-order chi connectivity index (χ0) is 18.9. The van der Waals surface area contributed by atoms with E-state index in [0.29, 0.717) is 0 Å². The second-order valence-electron chi connectivity index (χ2n) is 8.35. The molecule has 2 aromatic carbocycles. The van der Waals surface area contributed by atoms with Crippen LogP contribution in [0, 0.1) is 0 Å². The number of aromatic nitrogens is 2. The summed E-state index contributed by atoms with van der Waals surface area (Å²) < 4.78 is 2.21. The molecule has 0 N–H and O–H groups in total. The van der Waals surface area contributed by atoms with Gasteiger partial charge in [-0.15, -0.1) is 0 Å². The van der Waals surface area contributed by atoms with E-state index in [2.05, 4.69) is 69.9 Å². The SMILES string of the molecule is Cn1c(-c2cccc(N3CCC(N4CCCCC4)CC3)c2)nc2ccccc21. The van der Waals surface area contributed by atoms with Crippen LogP contribution in [0.1, 0.15) is 32.1 Å². The lowest BCUT2D eigenvalue weighted by atomic mass is 9.99. The third-order valence-corrected chi connectivity index (χ3v) is 6.63. The fourth-order valence-corrected chi connectivity index (χ4v) is 5.02. The van der Waals surface area contributed by atoms with Gasteiger partial charge in [-0.2, -0.15) is 0 Å². The van der Waals surface area contributed by atoms with E-state index < -0.39 is 0 Å². The molecule has 3 aromatic rings. The number of nitrogens with zero attached hydrogens (tertiary/aromatic N) is 4. The van der Waals surface area contributed by atoms with Gasteiger partial charge >= 0.3 is 0 Å². The second kappa shape index (κ2) is 7.59. The first-order valence-electron chi connectivity index (χ1n) is 10.8. The number of imidazole rings is 1. The van der Waals surface area contributed by atoms with Crippen molar-refractivity contribution in [1.29, 1.82) is 0 Å². The number of benzene rings is 2. The summed E-state index contributed by atoms with van der Waals surface area (Å²) in [6.45, 7) is 4.94. The largest absolute Gasteiger partial charge is 0.371 e. The molecule has 2 saturated heterocycles. The molecule has 4 nitrogen and oxygen atoms in total. The third kappa shape index (κ3) is 3.30. The van der Waals surface area contributed by atoms with Crippen LogP contribution in [0.25, 0.3) is 22.4 Å². The van der Waals surface area contributed by atoms with E-state index in [9.17, 15) is 0 Å². The lowest BCUT2D eigenvalue weighted by Crippen LogP contribution is -2.46. The molecular formula is C24H30N4. The Balaban J connectivity index is 1.34. The van der Waals surface area contributed by atoms with Crippen LogP contribution in [0.4, 0.5) is 5.69 Å². The minimum atomic E-state index is 0.791. The molecule has 5 rings (SSSR count). The van der Waals surface area contributed by atoms with Gasteiger partial charge in [-0.3, -0.25) is 0 Å². The summed E-state index contributed by atoms with van der Waals surface area (Å²) in [4.78, 5) is 10.2. The molecule has 0 amide bonds. The zero-order valence-corrected chi connectivity index (χ0v) is 16.8. The topological polar surface area (TPSA) is 24.3 Å². The molecule has 0 radical (unpaired) electrons. The number of anilines is 1. The first-order chi connectivity index (χ1) is 13.8. The van der Waals surface area contributed by atoms with E-state index in [1.807, 2.05) is 0 Å². The number of fused-ring (bicyclic) bond motifs is 1. The van der Waals surface area contributed by atoms with Crippen molar-refractivity contribution in [3.8, 4) is 11.4 Å². The zero-order valence-electron chi connectivity index (χ0n) is 16.8. The van der Waals surface area contributed by atoms with Gasteiger partial charge in [-0.1, -0.05) is 30.7 Å². The maximum Gasteiger partial charge on any atom is 0.140 e. The average molecular weight is 375 g/mol. The number of piperidine rings is 2. The number of rotatable bonds is 3. The van der Waals surface area contributed by atoms with Crippen LogP contribution in [0.15, 0.2) is 48.5 Å². The predicted molar refractivity (Wildman–Crippen MR) is 117 cm³/mol. The number of para-hydroxylation sites is 2. The van der Waals surface area contributed by atoms with E-state index in [1.54, 1.807) is 0 Å². The van der Waals surface area contributed by atoms with Gasteiger partial charge in [-0.25, -0.2) is 4.98 Å².